The normalized spacial score (nSPS) is 36.6. The van der Waals surface area contributed by atoms with E-state index in [2.05, 4.69) is 38.4 Å². The lowest BCUT2D eigenvalue weighted by atomic mass is 9.91. The fourth-order valence-electron chi connectivity index (χ4n) is 16.5. The lowest BCUT2D eigenvalue weighted by molar-refractivity contribution is -0.376. The number of carbonyl (C=O) groups excluding carboxylic acids is 4. The zero-order valence-corrected chi connectivity index (χ0v) is 67.7. The number of methoxy groups -OCH3 is 16. The van der Waals surface area contributed by atoms with Crippen LogP contribution in [-0.4, -0.2) is 364 Å². The molecular weight excluding hydrogens is 1490 g/mol. The van der Waals surface area contributed by atoms with Crippen LogP contribution in [0.25, 0.3) is 11.1 Å². The predicted molar refractivity (Wildman–Crippen MR) is 391 cm³/mol. The summed E-state index contributed by atoms with van der Waals surface area (Å²) >= 11 is 0. The minimum Gasteiger partial charge on any atom is -0.465 e. The number of amides is 3. The van der Waals surface area contributed by atoms with Crippen LogP contribution >= 0.6 is 0 Å². The Hall–Kier alpha value is -5.58. The molecule has 10 rings (SSSR count). The van der Waals surface area contributed by atoms with E-state index in [-0.39, 0.29) is 75.6 Å². The van der Waals surface area contributed by atoms with Gasteiger partial charge in [-0.1, -0.05) is 60.7 Å². The topological polar surface area (TPSA) is 384 Å². The van der Waals surface area contributed by atoms with Crippen molar-refractivity contribution in [2.75, 3.05) is 153 Å². The van der Waals surface area contributed by atoms with Gasteiger partial charge in [-0.2, -0.15) is 0 Å². The summed E-state index contributed by atoms with van der Waals surface area (Å²) in [5.74, 6) is -2.60. The van der Waals surface area contributed by atoms with Gasteiger partial charge < -0.3 is 144 Å². The minimum atomic E-state index is -1.22. The first kappa shape index (κ1) is 89.8. The smallest absolute Gasteiger partial charge is 0.306 e. The second-order valence-corrected chi connectivity index (χ2v) is 28.5. The standard InChI is InChI=1S/C76H116N6O31/c1-37-38(2)104-73(66(99-16)54(37)91-8)110-57-48(35-89-6)108-75(68(101-18)62(57)95-12)113-56-47(34-88-5)107-72(65(98-15)61(56)94-11)79-51(84)30-77-70(86)45-31-82(81-80-45)53-39(3)105-74(67(100-17)59(53)92-9)111-58-49(36-90-7)109-76(69(102-19)63(58)96-13)112-55-46(33-87-4)106-71(64(97-14)60(55)93-10)78-50(83)28-29-52(85)103-32-44-42-26-22-20-24-40(42)41-25-21-23-27-43(41)44/h20-27,31,37-39,44,46-49,53-69,71-76H,28-30,32-36H2,1-19H3,(H,77,86)(H,78,83)(H,79,84)/t37-,38?,39?,46?,47?,48?,49?,53-,54?,55?,56?,57?,58?,59?,60?,61?,62?,63?,64?,65?,66?,67?,68?,69?,71?,72?,73?,74?,75?,76?/m1/s1. The van der Waals surface area contributed by atoms with Gasteiger partial charge >= 0.3 is 5.97 Å². The number of aromatic nitrogens is 3. The molecule has 28 unspecified atom stereocenters. The molecule has 2 aromatic carbocycles. The molecule has 113 heavy (non-hydrogen) atoms. The minimum absolute atomic E-state index is 0.0117. The molecule has 37 heteroatoms. The first-order chi connectivity index (χ1) is 54.7. The molecule has 0 bridgehead atoms. The number of hydrogen-bond donors (Lipinski definition) is 3. The molecule has 0 saturated carbocycles. The van der Waals surface area contributed by atoms with Gasteiger partial charge in [0.25, 0.3) is 5.91 Å². The number of esters is 1. The Morgan fingerprint density at radius 1 is 0.398 bits per heavy atom. The highest BCUT2D eigenvalue weighted by Crippen LogP contribution is 2.46. The SMILES string of the molecule is COCC1OC(NC(=O)CNC(=O)c2cn([C@@H]3C(C)OC(OC4C(COC)OC(OC5C(COC)OC(NC(=O)CCC(=O)OCC6c7ccccc7-c7ccccc76)C(OC)C5OC)C(OC)C4OC)C(OC)C3OC)nn2)C(OC)C(OC)C1OC1OC(COC)C(OC2OC(C)[C@@H](C)C(OC)C2OC)C(OC)C1OC. The molecule has 6 fully saturated rings. The summed E-state index contributed by atoms with van der Waals surface area (Å²) in [5.41, 5.74) is 4.20. The maximum Gasteiger partial charge on any atom is 0.306 e. The van der Waals surface area contributed by atoms with Crippen molar-refractivity contribution in [3.05, 3.63) is 71.5 Å². The van der Waals surface area contributed by atoms with E-state index in [4.69, 9.17) is 128 Å². The van der Waals surface area contributed by atoms with E-state index in [1.54, 1.807) is 21.1 Å². The number of ether oxygens (including phenoxy) is 27. The Kier molecular flexibility index (Phi) is 33.9. The molecule has 37 nitrogen and oxygen atoms in total. The monoisotopic (exact) mass is 1610 g/mol. The molecule has 6 aliphatic heterocycles. The van der Waals surface area contributed by atoms with Crippen molar-refractivity contribution in [2.45, 2.75) is 217 Å². The van der Waals surface area contributed by atoms with Crippen LogP contribution in [0.4, 0.5) is 0 Å². The predicted octanol–water partition coefficient (Wildman–Crippen LogP) is 1.25. The van der Waals surface area contributed by atoms with Crippen molar-refractivity contribution in [2.24, 2.45) is 5.92 Å². The van der Waals surface area contributed by atoms with Crippen LogP contribution in [0, 0.1) is 5.92 Å². The number of nitrogens with zero attached hydrogens (tertiary/aromatic N) is 3. The average molecular weight is 1610 g/mol. The summed E-state index contributed by atoms with van der Waals surface area (Å²) in [4.78, 5) is 54.7. The third-order valence-corrected chi connectivity index (χ3v) is 22.2. The number of hydrogen-bond acceptors (Lipinski definition) is 33. The highest BCUT2D eigenvalue weighted by molar-refractivity contribution is 5.94. The Bertz CT molecular complexity index is 3400. The number of fused-ring (bicyclic) bond motifs is 3. The van der Waals surface area contributed by atoms with Crippen molar-refractivity contribution >= 4 is 23.7 Å². The largest absolute Gasteiger partial charge is 0.465 e. The third kappa shape index (κ3) is 20.1. The molecule has 3 amide bonds. The van der Waals surface area contributed by atoms with Crippen LogP contribution in [0.1, 0.15) is 67.2 Å². The molecule has 1 aromatic heterocycles. The molecule has 7 heterocycles. The Balaban J connectivity index is 0.741. The summed E-state index contributed by atoms with van der Waals surface area (Å²) < 4.78 is 169. The number of nitrogens with one attached hydrogen (secondary N) is 3. The van der Waals surface area contributed by atoms with Crippen LogP contribution in [0.5, 0.6) is 0 Å². The van der Waals surface area contributed by atoms with Gasteiger partial charge in [0.1, 0.15) is 129 Å². The Labute approximate surface area is 658 Å². The summed E-state index contributed by atoms with van der Waals surface area (Å²) in [6, 6.07) is 15.3. The van der Waals surface area contributed by atoms with Crippen molar-refractivity contribution < 1.29 is 147 Å². The molecule has 30 atom stereocenters. The van der Waals surface area contributed by atoms with Crippen LogP contribution in [-0.2, 0) is 142 Å². The summed E-state index contributed by atoms with van der Waals surface area (Å²) in [6.07, 6.45) is -24.5. The first-order valence-corrected chi connectivity index (χ1v) is 37.7. The van der Waals surface area contributed by atoms with Crippen molar-refractivity contribution in [1.82, 2.24) is 30.9 Å². The van der Waals surface area contributed by atoms with Gasteiger partial charge in [-0.15, -0.1) is 5.10 Å². The maximum absolute atomic E-state index is 13.9. The zero-order chi connectivity index (χ0) is 81.3. The van der Waals surface area contributed by atoms with E-state index >= 15 is 0 Å². The summed E-state index contributed by atoms with van der Waals surface area (Å²) in [6.45, 7) is 5.21. The van der Waals surface area contributed by atoms with Crippen LogP contribution < -0.4 is 16.0 Å². The molecule has 0 spiro atoms. The molecule has 3 aromatic rings. The highest BCUT2D eigenvalue weighted by Gasteiger charge is 2.59. The lowest BCUT2D eigenvalue weighted by Gasteiger charge is -2.51. The number of rotatable bonds is 39. The molecular formula is C76H116N6O31. The van der Waals surface area contributed by atoms with Gasteiger partial charge in [-0.3, -0.25) is 19.2 Å². The van der Waals surface area contributed by atoms with E-state index in [1.165, 1.54) is 110 Å². The Morgan fingerprint density at radius 2 is 0.770 bits per heavy atom. The fraction of sp³-hybridized carbons (Fsp3) is 0.763. The van der Waals surface area contributed by atoms with Crippen LogP contribution in [0.3, 0.4) is 0 Å². The maximum atomic E-state index is 13.9. The van der Waals surface area contributed by atoms with Gasteiger partial charge in [-0.25, -0.2) is 4.68 Å². The first-order valence-electron chi connectivity index (χ1n) is 37.7. The van der Waals surface area contributed by atoms with Gasteiger partial charge in [0, 0.05) is 132 Å². The van der Waals surface area contributed by atoms with E-state index in [0.717, 1.165) is 22.3 Å². The van der Waals surface area contributed by atoms with Gasteiger partial charge in [0.2, 0.25) is 11.8 Å². The number of benzene rings is 2. The van der Waals surface area contributed by atoms with Crippen molar-refractivity contribution in [3.63, 3.8) is 0 Å². The van der Waals surface area contributed by atoms with Crippen molar-refractivity contribution in [1.29, 1.82) is 0 Å². The van der Waals surface area contributed by atoms with E-state index in [0.29, 0.717) is 0 Å². The van der Waals surface area contributed by atoms with Gasteiger partial charge in [0.05, 0.1) is 63.9 Å². The van der Waals surface area contributed by atoms with Crippen LogP contribution in [0.2, 0.25) is 0 Å². The highest BCUT2D eigenvalue weighted by atomic mass is 16.8. The Morgan fingerprint density at radius 3 is 1.19 bits per heavy atom. The van der Waals surface area contributed by atoms with E-state index < -0.39 is 196 Å². The van der Waals surface area contributed by atoms with Gasteiger partial charge in [-0.05, 0) is 36.1 Å². The molecule has 636 valence electrons. The quantitative estimate of drug-likeness (QED) is 0.0677. The summed E-state index contributed by atoms with van der Waals surface area (Å²) in [5, 5.41) is 16.8. The van der Waals surface area contributed by atoms with E-state index in [1.807, 2.05) is 50.2 Å². The molecule has 6 saturated heterocycles. The van der Waals surface area contributed by atoms with E-state index in [9.17, 15) is 19.2 Å². The van der Waals surface area contributed by atoms with Gasteiger partial charge in [0.15, 0.2) is 43.3 Å². The third-order valence-electron chi connectivity index (χ3n) is 22.2. The molecule has 1 aliphatic carbocycles. The second-order valence-electron chi connectivity index (χ2n) is 28.5. The zero-order valence-electron chi connectivity index (χ0n) is 67.7. The average Bonchev–Trinajstić information content (AvgIpc) is 1.56. The summed E-state index contributed by atoms with van der Waals surface area (Å²) in [7, 11) is 23.9. The second kappa shape index (κ2) is 42.7. The molecule has 0 radical (unpaired) electrons. The lowest BCUT2D eigenvalue weighted by Crippen LogP contribution is -2.68. The fourth-order valence-corrected chi connectivity index (χ4v) is 16.5. The van der Waals surface area contributed by atoms with Crippen molar-refractivity contribution in [3.8, 4) is 11.1 Å². The molecule has 3 N–H and O–H groups in total. The molecule has 7 aliphatic rings. The van der Waals surface area contributed by atoms with Crippen LogP contribution in [0.15, 0.2) is 54.7 Å². The number of carbonyl (C=O) groups is 4.